The molecule has 0 unspecified atom stereocenters. The Morgan fingerprint density at radius 2 is 1.85 bits per heavy atom. The lowest BCUT2D eigenvalue weighted by molar-refractivity contribution is -0.125. The van der Waals surface area contributed by atoms with Crippen molar-refractivity contribution >= 4 is 11.8 Å². The van der Waals surface area contributed by atoms with Gasteiger partial charge >= 0.3 is 0 Å². The number of hydrogen-bond donors (Lipinski definition) is 3. The molecule has 0 saturated carbocycles. The molecule has 76 valence electrons. The lowest BCUT2D eigenvalue weighted by Gasteiger charge is -2.17. The summed E-state index contributed by atoms with van der Waals surface area (Å²) in [7, 11) is 0. The third-order valence-corrected chi connectivity index (χ3v) is 1.22. The molecule has 0 bridgehead atoms. The van der Waals surface area contributed by atoms with Crippen LogP contribution in [0.5, 0.6) is 0 Å². The van der Waals surface area contributed by atoms with Gasteiger partial charge in [-0.2, -0.15) is 0 Å². The van der Waals surface area contributed by atoms with E-state index < -0.39 is 5.60 Å². The monoisotopic (exact) mass is 188 g/mol. The van der Waals surface area contributed by atoms with E-state index in [9.17, 15) is 14.7 Å². The molecule has 0 aliphatic heterocycles. The standard InChI is InChI=1S/C8H16N2O3/c1-6(11)9-4-7(12)10-5-8(2,3)13/h13H,4-5H2,1-3H3,(H,9,11)(H,10,12). The second kappa shape index (κ2) is 4.81. The number of nitrogens with one attached hydrogen (secondary N) is 2. The van der Waals surface area contributed by atoms with E-state index in [0.717, 1.165) is 0 Å². The van der Waals surface area contributed by atoms with Crippen LogP contribution in [0.25, 0.3) is 0 Å². The van der Waals surface area contributed by atoms with Crippen LogP contribution >= 0.6 is 0 Å². The third-order valence-electron chi connectivity index (χ3n) is 1.22. The highest BCUT2D eigenvalue weighted by atomic mass is 16.3. The van der Waals surface area contributed by atoms with Crippen molar-refractivity contribution in [1.29, 1.82) is 0 Å². The Kier molecular flexibility index (Phi) is 4.40. The van der Waals surface area contributed by atoms with Gasteiger partial charge in [0.15, 0.2) is 0 Å². The average molecular weight is 188 g/mol. The van der Waals surface area contributed by atoms with Gasteiger partial charge in [-0.15, -0.1) is 0 Å². The molecule has 0 aromatic carbocycles. The summed E-state index contributed by atoms with van der Waals surface area (Å²) in [6, 6.07) is 0. The molecule has 0 aromatic rings. The molecule has 0 fully saturated rings. The van der Waals surface area contributed by atoms with Crippen LogP contribution < -0.4 is 10.6 Å². The Balaban J connectivity index is 3.58. The summed E-state index contributed by atoms with van der Waals surface area (Å²) in [5, 5.41) is 14.1. The quantitative estimate of drug-likeness (QED) is 0.530. The molecule has 0 aliphatic carbocycles. The van der Waals surface area contributed by atoms with Gasteiger partial charge in [0.1, 0.15) is 0 Å². The fourth-order valence-electron chi connectivity index (χ4n) is 0.582. The fourth-order valence-corrected chi connectivity index (χ4v) is 0.582. The molecule has 13 heavy (non-hydrogen) atoms. The SMILES string of the molecule is CC(=O)NCC(=O)NCC(C)(C)O. The van der Waals surface area contributed by atoms with E-state index in [1.165, 1.54) is 6.92 Å². The van der Waals surface area contributed by atoms with Gasteiger partial charge in [-0.25, -0.2) is 0 Å². The minimum atomic E-state index is -0.925. The van der Waals surface area contributed by atoms with Gasteiger partial charge < -0.3 is 15.7 Å². The van der Waals surface area contributed by atoms with Gasteiger partial charge in [0.2, 0.25) is 11.8 Å². The summed E-state index contributed by atoms with van der Waals surface area (Å²) in [5.41, 5.74) is -0.925. The molecule has 3 N–H and O–H groups in total. The van der Waals surface area contributed by atoms with Gasteiger partial charge in [0.25, 0.3) is 0 Å². The van der Waals surface area contributed by atoms with Crippen molar-refractivity contribution in [2.75, 3.05) is 13.1 Å². The molecular formula is C8H16N2O3. The number of amides is 2. The van der Waals surface area contributed by atoms with Crippen molar-refractivity contribution in [3.63, 3.8) is 0 Å². The molecule has 0 atom stereocenters. The van der Waals surface area contributed by atoms with Crippen molar-refractivity contribution in [2.45, 2.75) is 26.4 Å². The number of aliphatic hydroxyl groups is 1. The van der Waals surface area contributed by atoms with E-state index in [4.69, 9.17) is 0 Å². The molecule has 0 saturated heterocycles. The predicted octanol–water partition coefficient (Wildman–Crippen LogP) is -0.990. The highest BCUT2D eigenvalue weighted by Gasteiger charge is 2.13. The van der Waals surface area contributed by atoms with Crippen molar-refractivity contribution in [3.8, 4) is 0 Å². The Morgan fingerprint density at radius 3 is 2.23 bits per heavy atom. The second-order valence-corrected chi connectivity index (χ2v) is 3.50. The Morgan fingerprint density at radius 1 is 1.31 bits per heavy atom. The zero-order valence-electron chi connectivity index (χ0n) is 8.18. The Bertz CT molecular complexity index is 196. The lowest BCUT2D eigenvalue weighted by atomic mass is 10.1. The van der Waals surface area contributed by atoms with Crippen LogP contribution in [-0.4, -0.2) is 35.6 Å². The molecule has 5 nitrogen and oxygen atoms in total. The van der Waals surface area contributed by atoms with Crippen LogP contribution in [0, 0.1) is 0 Å². The Hall–Kier alpha value is -1.10. The molecule has 0 aromatic heterocycles. The van der Waals surface area contributed by atoms with Crippen LogP contribution in [0.2, 0.25) is 0 Å². The summed E-state index contributed by atoms with van der Waals surface area (Å²) in [5.74, 6) is -0.560. The molecule has 0 spiro atoms. The normalized spacial score (nSPS) is 10.8. The maximum Gasteiger partial charge on any atom is 0.239 e. The fraction of sp³-hybridized carbons (Fsp3) is 0.750. The van der Waals surface area contributed by atoms with E-state index in [2.05, 4.69) is 10.6 Å². The topological polar surface area (TPSA) is 78.4 Å². The second-order valence-electron chi connectivity index (χ2n) is 3.50. The summed E-state index contributed by atoms with van der Waals surface area (Å²) in [6.07, 6.45) is 0. The predicted molar refractivity (Wildman–Crippen MR) is 48.0 cm³/mol. The first-order chi connectivity index (χ1) is 5.81. The first-order valence-electron chi connectivity index (χ1n) is 4.05. The van der Waals surface area contributed by atoms with Gasteiger partial charge in [-0.05, 0) is 13.8 Å². The maximum absolute atomic E-state index is 11.0. The van der Waals surface area contributed by atoms with E-state index in [-0.39, 0.29) is 24.9 Å². The van der Waals surface area contributed by atoms with Gasteiger partial charge in [-0.3, -0.25) is 9.59 Å². The molecule has 5 heteroatoms. The average Bonchev–Trinajstić information content (AvgIpc) is 1.95. The first-order valence-corrected chi connectivity index (χ1v) is 4.05. The van der Waals surface area contributed by atoms with Gasteiger partial charge in [0.05, 0.1) is 12.1 Å². The lowest BCUT2D eigenvalue weighted by Crippen LogP contribution is -2.42. The summed E-state index contributed by atoms with van der Waals surface area (Å²) >= 11 is 0. The molecule has 0 rings (SSSR count). The van der Waals surface area contributed by atoms with E-state index in [1.807, 2.05) is 0 Å². The van der Waals surface area contributed by atoms with Crippen LogP contribution in [0.15, 0.2) is 0 Å². The largest absolute Gasteiger partial charge is 0.389 e. The number of rotatable bonds is 4. The van der Waals surface area contributed by atoms with E-state index in [1.54, 1.807) is 13.8 Å². The molecular weight excluding hydrogens is 172 g/mol. The summed E-state index contributed by atoms with van der Waals surface area (Å²) < 4.78 is 0. The number of carbonyl (C=O) groups is 2. The molecule has 2 amide bonds. The summed E-state index contributed by atoms with van der Waals surface area (Å²) in [4.78, 5) is 21.4. The molecule has 0 heterocycles. The van der Waals surface area contributed by atoms with E-state index in [0.29, 0.717) is 0 Å². The van der Waals surface area contributed by atoms with Crippen molar-refractivity contribution < 1.29 is 14.7 Å². The highest BCUT2D eigenvalue weighted by molar-refractivity contribution is 5.83. The molecule has 0 radical (unpaired) electrons. The van der Waals surface area contributed by atoms with Crippen LogP contribution in [-0.2, 0) is 9.59 Å². The zero-order valence-corrected chi connectivity index (χ0v) is 8.18. The van der Waals surface area contributed by atoms with Crippen LogP contribution in [0.4, 0.5) is 0 Å². The number of hydrogen-bond acceptors (Lipinski definition) is 3. The van der Waals surface area contributed by atoms with Crippen molar-refractivity contribution in [2.24, 2.45) is 0 Å². The smallest absolute Gasteiger partial charge is 0.239 e. The third kappa shape index (κ3) is 8.81. The van der Waals surface area contributed by atoms with E-state index >= 15 is 0 Å². The Labute approximate surface area is 77.5 Å². The van der Waals surface area contributed by atoms with Crippen molar-refractivity contribution in [1.82, 2.24) is 10.6 Å². The zero-order chi connectivity index (χ0) is 10.5. The molecule has 0 aliphatic rings. The van der Waals surface area contributed by atoms with Crippen molar-refractivity contribution in [3.05, 3.63) is 0 Å². The first kappa shape index (κ1) is 11.9. The highest BCUT2D eigenvalue weighted by Crippen LogP contribution is 1.96. The minimum Gasteiger partial charge on any atom is -0.389 e. The summed E-state index contributed by atoms with van der Waals surface area (Å²) in [6.45, 7) is 4.64. The van der Waals surface area contributed by atoms with Crippen LogP contribution in [0.3, 0.4) is 0 Å². The van der Waals surface area contributed by atoms with Crippen LogP contribution in [0.1, 0.15) is 20.8 Å². The van der Waals surface area contributed by atoms with Gasteiger partial charge in [0, 0.05) is 13.5 Å². The number of carbonyl (C=O) groups excluding carboxylic acids is 2. The minimum absolute atomic E-state index is 0.0502. The maximum atomic E-state index is 11.0. The van der Waals surface area contributed by atoms with Gasteiger partial charge in [-0.1, -0.05) is 0 Å².